The Balaban J connectivity index is 2.22. The maximum absolute atomic E-state index is 13.2. The molecule has 3 rings (SSSR count). The van der Waals surface area contributed by atoms with Crippen LogP contribution in [0.25, 0.3) is 11.1 Å². The van der Waals surface area contributed by atoms with E-state index in [1.54, 1.807) is 18.2 Å². The van der Waals surface area contributed by atoms with Gasteiger partial charge in [-0.25, -0.2) is 0 Å². The Morgan fingerprint density at radius 3 is 2.22 bits per heavy atom. The number of carbonyl (C=O) groups is 2. The van der Waals surface area contributed by atoms with Gasteiger partial charge >= 0.3 is 0 Å². The molecule has 2 N–H and O–H groups in total. The van der Waals surface area contributed by atoms with E-state index in [4.69, 9.17) is 9.47 Å². The highest BCUT2D eigenvalue weighted by atomic mass is 16.5. The van der Waals surface area contributed by atoms with E-state index >= 15 is 0 Å². The molecule has 0 spiro atoms. The number of phenols is 2. The molecule has 0 saturated carbocycles. The molecule has 3 aromatic carbocycles. The van der Waals surface area contributed by atoms with Crippen molar-refractivity contribution >= 4 is 11.6 Å². The van der Waals surface area contributed by atoms with Gasteiger partial charge in [-0.3, -0.25) is 9.59 Å². The Morgan fingerprint density at radius 1 is 0.906 bits per heavy atom. The van der Waals surface area contributed by atoms with E-state index in [9.17, 15) is 19.8 Å². The summed E-state index contributed by atoms with van der Waals surface area (Å²) < 4.78 is 10.5. The smallest absolute Gasteiger partial charge is 0.200 e. The van der Waals surface area contributed by atoms with Crippen molar-refractivity contribution in [2.45, 2.75) is 13.3 Å². The van der Waals surface area contributed by atoms with Crippen molar-refractivity contribution in [2.75, 3.05) is 14.2 Å². The predicted octanol–water partition coefficient (Wildman–Crippen LogP) is 4.94. The maximum Gasteiger partial charge on any atom is 0.200 e. The van der Waals surface area contributed by atoms with Crippen molar-refractivity contribution in [1.29, 1.82) is 0 Å². The summed E-state index contributed by atoms with van der Waals surface area (Å²) in [4.78, 5) is 25.5. The van der Waals surface area contributed by atoms with Gasteiger partial charge in [0.25, 0.3) is 0 Å². The Kier molecular flexibility index (Phi) is 6.64. The second kappa shape index (κ2) is 9.39. The normalized spacial score (nSPS) is 10.5. The van der Waals surface area contributed by atoms with Crippen molar-refractivity contribution in [1.82, 2.24) is 0 Å². The first-order valence-electron chi connectivity index (χ1n) is 9.97. The minimum absolute atomic E-state index is 0.0104. The van der Waals surface area contributed by atoms with Crippen LogP contribution in [0.1, 0.15) is 38.8 Å². The monoisotopic (exact) mass is 432 g/mol. The Hall–Kier alpha value is -4.06. The van der Waals surface area contributed by atoms with E-state index in [0.29, 0.717) is 34.6 Å². The lowest BCUT2D eigenvalue weighted by atomic mass is 9.89. The molecule has 0 bridgehead atoms. The van der Waals surface area contributed by atoms with Gasteiger partial charge in [0.05, 0.1) is 25.3 Å². The third kappa shape index (κ3) is 4.07. The van der Waals surface area contributed by atoms with Gasteiger partial charge < -0.3 is 19.7 Å². The molecule has 0 fully saturated rings. The van der Waals surface area contributed by atoms with Crippen LogP contribution in [0.3, 0.4) is 0 Å². The summed E-state index contributed by atoms with van der Waals surface area (Å²) in [7, 11) is 2.91. The lowest BCUT2D eigenvalue weighted by Gasteiger charge is -2.17. The van der Waals surface area contributed by atoms with Gasteiger partial charge in [-0.1, -0.05) is 31.7 Å². The summed E-state index contributed by atoms with van der Waals surface area (Å²) in [6.07, 6.45) is 1.81. The number of benzene rings is 3. The number of methoxy groups -OCH3 is 2. The Labute approximate surface area is 186 Å². The number of allylic oxidation sites excluding steroid dienone is 1. The fourth-order valence-corrected chi connectivity index (χ4v) is 3.67. The van der Waals surface area contributed by atoms with Crippen LogP contribution in [0.5, 0.6) is 23.0 Å². The van der Waals surface area contributed by atoms with Crippen LogP contribution in [0.15, 0.2) is 61.2 Å². The number of hydrogen-bond donors (Lipinski definition) is 2. The molecule has 0 aliphatic heterocycles. The van der Waals surface area contributed by atoms with Gasteiger partial charge in [0.1, 0.15) is 23.0 Å². The first-order valence-corrected chi connectivity index (χ1v) is 9.97. The molecule has 0 amide bonds. The van der Waals surface area contributed by atoms with E-state index < -0.39 is 5.78 Å². The number of phenolic OH excluding ortho intramolecular Hbond substituents is 2. The Bertz CT molecular complexity index is 1210. The van der Waals surface area contributed by atoms with Gasteiger partial charge in [-0.05, 0) is 41.8 Å². The molecular formula is C26H24O6. The van der Waals surface area contributed by atoms with Crippen molar-refractivity contribution in [3.05, 3.63) is 83.4 Å². The largest absolute Gasteiger partial charge is 0.507 e. The Morgan fingerprint density at radius 2 is 1.62 bits per heavy atom. The summed E-state index contributed by atoms with van der Waals surface area (Å²) in [6, 6.07) is 12.5. The topological polar surface area (TPSA) is 93.1 Å². The maximum atomic E-state index is 13.2. The SMILES string of the molecule is C=CC(=O)c1cccc(-c2cc(C(=O)c3ccc(OC)cc3O)c(O)cc2OC)c1CC. The second-order valence-electron chi connectivity index (χ2n) is 7.04. The molecule has 3 aromatic rings. The van der Waals surface area contributed by atoms with Gasteiger partial charge in [-0.15, -0.1) is 0 Å². The lowest BCUT2D eigenvalue weighted by molar-refractivity contribution is 0.102. The van der Waals surface area contributed by atoms with Crippen molar-refractivity contribution < 1.29 is 29.3 Å². The fraction of sp³-hybridized carbons (Fsp3) is 0.154. The molecular weight excluding hydrogens is 408 g/mol. The minimum atomic E-state index is -0.567. The second-order valence-corrected chi connectivity index (χ2v) is 7.04. The summed E-state index contributed by atoms with van der Waals surface area (Å²) in [6.45, 7) is 5.49. The fourth-order valence-electron chi connectivity index (χ4n) is 3.67. The van der Waals surface area contributed by atoms with Crippen LogP contribution in [-0.2, 0) is 6.42 Å². The number of aromatic hydroxyl groups is 2. The molecule has 0 unspecified atom stereocenters. The van der Waals surface area contributed by atoms with Gasteiger partial charge in [0.15, 0.2) is 11.6 Å². The van der Waals surface area contributed by atoms with Crippen LogP contribution in [0.4, 0.5) is 0 Å². The third-order valence-electron chi connectivity index (χ3n) is 5.28. The van der Waals surface area contributed by atoms with Crippen molar-refractivity contribution in [3.8, 4) is 34.1 Å². The van der Waals surface area contributed by atoms with E-state index in [1.165, 1.54) is 44.6 Å². The molecule has 0 aromatic heterocycles. The van der Waals surface area contributed by atoms with E-state index in [2.05, 4.69) is 6.58 Å². The number of carbonyl (C=O) groups excluding carboxylic acids is 2. The standard InChI is InChI=1S/C26H24O6/c1-5-16-17(8-7-9-18(16)22(27)6-2)20-13-21(24(29)14-25(20)32-4)26(30)19-11-10-15(31-3)12-23(19)28/h6-14,28-29H,2,5H2,1,3-4H3. The molecule has 32 heavy (non-hydrogen) atoms. The zero-order chi connectivity index (χ0) is 23.4. The molecule has 164 valence electrons. The van der Waals surface area contributed by atoms with E-state index in [1.807, 2.05) is 13.0 Å². The first kappa shape index (κ1) is 22.6. The minimum Gasteiger partial charge on any atom is -0.507 e. The first-order chi connectivity index (χ1) is 15.4. The number of ether oxygens (including phenoxy) is 2. The predicted molar refractivity (Wildman–Crippen MR) is 122 cm³/mol. The van der Waals surface area contributed by atoms with Crippen LogP contribution >= 0.6 is 0 Å². The molecule has 6 nitrogen and oxygen atoms in total. The third-order valence-corrected chi connectivity index (χ3v) is 5.28. The average molecular weight is 432 g/mol. The highest BCUT2D eigenvalue weighted by molar-refractivity contribution is 6.13. The molecule has 0 radical (unpaired) electrons. The summed E-state index contributed by atoms with van der Waals surface area (Å²) in [5, 5.41) is 20.8. The van der Waals surface area contributed by atoms with Crippen LogP contribution in [0.2, 0.25) is 0 Å². The zero-order valence-corrected chi connectivity index (χ0v) is 18.1. The number of rotatable bonds is 8. The van der Waals surface area contributed by atoms with Gasteiger partial charge in [-0.2, -0.15) is 0 Å². The molecule has 0 aliphatic carbocycles. The summed E-state index contributed by atoms with van der Waals surface area (Å²) >= 11 is 0. The van der Waals surface area contributed by atoms with Crippen molar-refractivity contribution in [3.63, 3.8) is 0 Å². The van der Waals surface area contributed by atoms with Gasteiger partial charge in [0, 0.05) is 23.3 Å². The van der Waals surface area contributed by atoms with Crippen LogP contribution in [0, 0.1) is 0 Å². The van der Waals surface area contributed by atoms with Crippen LogP contribution in [-0.4, -0.2) is 36.0 Å². The summed E-state index contributed by atoms with van der Waals surface area (Å²) in [5.41, 5.74) is 2.53. The van der Waals surface area contributed by atoms with Gasteiger partial charge in [0.2, 0.25) is 0 Å². The average Bonchev–Trinajstić information content (AvgIpc) is 2.82. The highest BCUT2D eigenvalue weighted by Gasteiger charge is 2.23. The highest BCUT2D eigenvalue weighted by Crippen LogP contribution is 2.40. The molecule has 6 heteroatoms. The van der Waals surface area contributed by atoms with Crippen LogP contribution < -0.4 is 9.47 Å². The number of ketones is 2. The molecule has 0 atom stereocenters. The van der Waals surface area contributed by atoms with Crippen molar-refractivity contribution in [2.24, 2.45) is 0 Å². The number of hydrogen-bond acceptors (Lipinski definition) is 6. The zero-order valence-electron chi connectivity index (χ0n) is 18.1. The lowest BCUT2D eigenvalue weighted by Crippen LogP contribution is -2.06. The molecule has 0 aliphatic rings. The quantitative estimate of drug-likeness (QED) is 0.387. The summed E-state index contributed by atoms with van der Waals surface area (Å²) in [5.74, 6) is -0.587. The van der Waals surface area contributed by atoms with E-state index in [-0.39, 0.29) is 28.4 Å². The molecule has 0 heterocycles. The molecule has 0 saturated heterocycles. The van der Waals surface area contributed by atoms with E-state index in [0.717, 1.165) is 5.56 Å².